The molecule has 0 aromatic rings. The van der Waals surface area contributed by atoms with Gasteiger partial charge in [-0.05, 0) is 0 Å². The van der Waals surface area contributed by atoms with Crippen molar-refractivity contribution in [2.45, 2.75) is 0 Å². The second-order valence-electron chi connectivity index (χ2n) is 0.737. The number of carbonyl (C=O) groups is 2. The van der Waals surface area contributed by atoms with Crippen LogP contribution in [0.25, 0.3) is 0 Å². The summed E-state index contributed by atoms with van der Waals surface area (Å²) in [7, 11) is 0. The summed E-state index contributed by atoms with van der Waals surface area (Å²) >= 11 is -2.68. The van der Waals surface area contributed by atoms with Crippen LogP contribution in [0.3, 0.4) is 0 Å². The molecule has 7 heteroatoms. The van der Waals surface area contributed by atoms with E-state index in [4.69, 9.17) is 4.55 Å². The second-order valence-corrected chi connectivity index (χ2v) is 1.34. The fraction of sp³-hybridized carbons (Fsp3) is 0. The Hall–Kier alpha value is 0.250. The van der Waals surface area contributed by atoms with E-state index >= 15 is 0 Å². The monoisotopic (exact) mass is 162 g/mol. The molecule has 1 N–H and O–H groups in total. The quantitative estimate of drug-likeness (QED) is 0.224. The first kappa shape index (κ1) is 12.0. The number of carbonyl (C=O) groups excluding carboxylic acids is 2. The molecular weight excluding hydrogens is 159 g/mol. The van der Waals surface area contributed by atoms with Crippen molar-refractivity contribution in [1.29, 1.82) is 0 Å². The molecule has 0 spiro atoms. The van der Waals surface area contributed by atoms with Gasteiger partial charge in [-0.1, -0.05) is 0 Å². The Morgan fingerprint density at radius 3 is 2.22 bits per heavy atom. The molecule has 0 saturated heterocycles. The number of rotatable bonds is 2. The molecule has 0 rings (SSSR count). The van der Waals surface area contributed by atoms with Gasteiger partial charge in [-0.25, -0.2) is 4.79 Å². The van der Waals surface area contributed by atoms with Crippen LogP contribution in [-0.4, -0.2) is 50.6 Å². The average Bonchev–Trinajstić information content (AvgIpc) is 1.65. The molecule has 0 heterocycles. The molecular formula is C2H3NaO5S. The number of hydrogen-bond donors (Lipinski definition) is 1. The molecule has 1 atom stereocenters. The summed E-state index contributed by atoms with van der Waals surface area (Å²) in [6.45, 7) is 0. The van der Waals surface area contributed by atoms with Crippen LogP contribution in [0.15, 0.2) is 0 Å². The van der Waals surface area contributed by atoms with Crippen LogP contribution in [0.4, 0.5) is 0 Å². The third-order valence-electron chi connectivity index (χ3n) is 0.250. The molecule has 48 valence electrons. The van der Waals surface area contributed by atoms with Crippen molar-refractivity contribution in [3.05, 3.63) is 0 Å². The third-order valence-corrected chi connectivity index (χ3v) is 0.556. The molecule has 0 bridgehead atoms. The summed E-state index contributed by atoms with van der Waals surface area (Å²) < 4.78 is 20.6. The van der Waals surface area contributed by atoms with Crippen molar-refractivity contribution < 1.29 is 22.5 Å². The summed E-state index contributed by atoms with van der Waals surface area (Å²) in [5.74, 6) is -1.36. The van der Waals surface area contributed by atoms with Crippen LogP contribution in [0, 0.1) is 0 Å². The van der Waals surface area contributed by atoms with Gasteiger partial charge in [0, 0.05) is 0 Å². The summed E-state index contributed by atoms with van der Waals surface area (Å²) in [6.07, 6.45) is -0.200. The summed E-state index contributed by atoms with van der Waals surface area (Å²) in [4.78, 5) is 19.0. The van der Waals surface area contributed by atoms with Gasteiger partial charge in [0.1, 0.15) is 0 Å². The molecule has 0 aliphatic heterocycles. The fourth-order valence-corrected chi connectivity index (χ4v) is 0.270. The van der Waals surface area contributed by atoms with E-state index in [1.54, 1.807) is 0 Å². The predicted molar refractivity (Wildman–Crippen MR) is 30.1 cm³/mol. The number of aldehydes is 1. The van der Waals surface area contributed by atoms with Crippen molar-refractivity contribution in [3.8, 4) is 0 Å². The molecule has 0 amide bonds. The van der Waals surface area contributed by atoms with Crippen LogP contribution in [0.1, 0.15) is 0 Å². The van der Waals surface area contributed by atoms with Crippen molar-refractivity contribution in [1.82, 2.24) is 0 Å². The molecule has 0 aliphatic carbocycles. The Morgan fingerprint density at radius 2 is 2.11 bits per heavy atom. The van der Waals surface area contributed by atoms with Gasteiger partial charge in [0.05, 0.1) is 0 Å². The zero-order valence-corrected chi connectivity index (χ0v) is 4.38. The molecule has 9 heavy (non-hydrogen) atoms. The van der Waals surface area contributed by atoms with Crippen molar-refractivity contribution in [2.24, 2.45) is 0 Å². The summed E-state index contributed by atoms with van der Waals surface area (Å²) in [5, 5.41) is 0. The standard InChI is InChI=1S/C2H2O5S.Na.H/c3-1-2(4)7-8(5)6;;/h1H,(H,5,6);;. The number of hydrogen-bond acceptors (Lipinski definition) is 4. The van der Waals surface area contributed by atoms with Crippen LogP contribution in [0.2, 0.25) is 0 Å². The summed E-state index contributed by atoms with van der Waals surface area (Å²) in [6, 6.07) is 0. The first-order valence-electron chi connectivity index (χ1n) is 1.45. The van der Waals surface area contributed by atoms with E-state index in [0.29, 0.717) is 0 Å². The van der Waals surface area contributed by atoms with Gasteiger partial charge in [0.25, 0.3) is 0 Å². The van der Waals surface area contributed by atoms with Gasteiger partial charge in [0.2, 0.25) is 6.29 Å². The van der Waals surface area contributed by atoms with Crippen LogP contribution in [-0.2, 0) is 25.1 Å². The van der Waals surface area contributed by atoms with E-state index < -0.39 is 17.3 Å². The van der Waals surface area contributed by atoms with E-state index in [-0.39, 0.29) is 35.8 Å². The van der Waals surface area contributed by atoms with E-state index in [1.807, 2.05) is 0 Å². The molecule has 0 aliphatic rings. The minimum atomic E-state index is -2.68. The maximum atomic E-state index is 9.68. The molecule has 0 aromatic carbocycles. The van der Waals surface area contributed by atoms with E-state index in [9.17, 15) is 13.8 Å². The first-order chi connectivity index (χ1) is 3.66. The Labute approximate surface area is 75.5 Å². The molecule has 0 saturated carbocycles. The van der Waals surface area contributed by atoms with Gasteiger partial charge in [-0.15, -0.1) is 0 Å². The molecule has 0 aromatic heterocycles. The van der Waals surface area contributed by atoms with E-state index in [2.05, 4.69) is 4.18 Å². The summed E-state index contributed by atoms with van der Waals surface area (Å²) in [5.41, 5.74) is 0. The molecule has 0 radical (unpaired) electrons. The van der Waals surface area contributed by atoms with Gasteiger partial charge < -0.3 is 4.18 Å². The van der Waals surface area contributed by atoms with E-state index in [1.165, 1.54) is 0 Å². The molecule has 1 unspecified atom stereocenters. The maximum absolute atomic E-state index is 9.68. The van der Waals surface area contributed by atoms with Crippen LogP contribution >= 0.6 is 0 Å². The van der Waals surface area contributed by atoms with Crippen molar-refractivity contribution >= 4 is 53.2 Å². The third kappa shape index (κ3) is 8.25. The Bertz CT molecular complexity index is 133. The van der Waals surface area contributed by atoms with Crippen LogP contribution in [0.5, 0.6) is 0 Å². The second kappa shape index (κ2) is 6.37. The van der Waals surface area contributed by atoms with Gasteiger partial charge >= 0.3 is 46.9 Å². The molecule has 0 fully saturated rings. The minimum absolute atomic E-state index is 0. The van der Waals surface area contributed by atoms with Gasteiger partial charge in [0.15, 0.2) is 0 Å². The average molecular weight is 162 g/mol. The van der Waals surface area contributed by atoms with Gasteiger partial charge in [-0.3, -0.25) is 9.35 Å². The van der Waals surface area contributed by atoms with Crippen molar-refractivity contribution in [2.75, 3.05) is 0 Å². The zero-order chi connectivity index (χ0) is 6.57. The van der Waals surface area contributed by atoms with Gasteiger partial charge in [-0.2, -0.15) is 4.21 Å². The van der Waals surface area contributed by atoms with Crippen molar-refractivity contribution in [3.63, 3.8) is 0 Å². The zero-order valence-electron chi connectivity index (χ0n) is 3.57. The fourth-order valence-electron chi connectivity index (χ4n) is 0.0899. The first-order valence-corrected chi connectivity index (χ1v) is 2.48. The Kier molecular flexibility index (Phi) is 8.48. The SMILES string of the molecule is O=CC(=O)OS(=O)O.[NaH]. The normalized spacial score (nSPS) is 10.8. The molecule has 5 nitrogen and oxygen atoms in total. The Morgan fingerprint density at radius 1 is 1.67 bits per heavy atom. The van der Waals surface area contributed by atoms with Crippen LogP contribution < -0.4 is 0 Å². The topological polar surface area (TPSA) is 80.7 Å². The Balaban J connectivity index is 0. The predicted octanol–water partition coefficient (Wildman–Crippen LogP) is -1.78. The van der Waals surface area contributed by atoms with E-state index in [0.717, 1.165) is 0 Å².